The molecular weight excluding hydrogens is 316 g/mol. The summed E-state index contributed by atoms with van der Waals surface area (Å²) in [7, 11) is 3.29. The van der Waals surface area contributed by atoms with Gasteiger partial charge in [0.1, 0.15) is 17.8 Å². The first kappa shape index (κ1) is 17.0. The summed E-state index contributed by atoms with van der Waals surface area (Å²) in [4.78, 5) is 4.56. The maximum Gasteiger partial charge on any atom is 0.226 e. The van der Waals surface area contributed by atoms with Crippen molar-refractivity contribution in [3.63, 3.8) is 0 Å². The van der Waals surface area contributed by atoms with Crippen LogP contribution in [0.5, 0.6) is 11.5 Å². The van der Waals surface area contributed by atoms with Crippen molar-refractivity contribution in [2.24, 2.45) is 0 Å². The van der Waals surface area contributed by atoms with Crippen molar-refractivity contribution in [2.75, 3.05) is 14.2 Å². The number of methoxy groups -OCH3 is 2. The van der Waals surface area contributed by atoms with E-state index in [1.54, 1.807) is 20.5 Å². The van der Waals surface area contributed by atoms with Gasteiger partial charge in [0.05, 0.1) is 19.9 Å². The van der Waals surface area contributed by atoms with Crippen LogP contribution >= 0.6 is 0 Å². The van der Waals surface area contributed by atoms with E-state index in [2.05, 4.69) is 10.3 Å². The Hall–Kier alpha value is -2.79. The first-order valence-electron chi connectivity index (χ1n) is 8.12. The molecule has 0 fully saturated rings. The number of nitrogens with one attached hydrogen (secondary N) is 1. The van der Waals surface area contributed by atoms with E-state index in [1.807, 2.05) is 49.4 Å². The predicted molar refractivity (Wildman–Crippen MR) is 96.8 cm³/mol. The van der Waals surface area contributed by atoms with Crippen LogP contribution in [-0.4, -0.2) is 19.2 Å². The van der Waals surface area contributed by atoms with Crippen LogP contribution in [0, 0.1) is 6.92 Å². The number of rotatable bonds is 7. The van der Waals surface area contributed by atoms with E-state index in [0.29, 0.717) is 19.0 Å². The highest BCUT2D eigenvalue weighted by Crippen LogP contribution is 2.23. The number of oxazole rings is 1. The standard InChI is InChI=1S/C20H22N2O3/c1-14-6-4-5-7-19(14)20-22-16(13-25-20)12-21-11-15-8-17(23-2)10-18(9-15)24-3/h4-10,13,21H,11-12H2,1-3H3. The number of ether oxygens (including phenoxy) is 2. The van der Waals surface area contributed by atoms with Crippen LogP contribution in [0.1, 0.15) is 16.8 Å². The maximum atomic E-state index is 5.62. The lowest BCUT2D eigenvalue weighted by molar-refractivity contribution is 0.393. The summed E-state index contributed by atoms with van der Waals surface area (Å²) in [6, 6.07) is 13.9. The van der Waals surface area contributed by atoms with Gasteiger partial charge in [-0.3, -0.25) is 0 Å². The highest BCUT2D eigenvalue weighted by molar-refractivity contribution is 5.58. The molecule has 5 heteroatoms. The first-order chi connectivity index (χ1) is 12.2. The lowest BCUT2D eigenvalue weighted by Crippen LogP contribution is -2.13. The molecule has 0 unspecified atom stereocenters. The summed E-state index contributed by atoms with van der Waals surface area (Å²) >= 11 is 0. The third-order valence-corrected chi connectivity index (χ3v) is 3.97. The molecule has 25 heavy (non-hydrogen) atoms. The van der Waals surface area contributed by atoms with Crippen molar-refractivity contribution in [3.8, 4) is 23.0 Å². The average Bonchev–Trinajstić information content (AvgIpc) is 3.10. The number of aromatic nitrogens is 1. The van der Waals surface area contributed by atoms with Gasteiger partial charge >= 0.3 is 0 Å². The van der Waals surface area contributed by atoms with Crippen molar-refractivity contribution in [2.45, 2.75) is 20.0 Å². The average molecular weight is 338 g/mol. The monoisotopic (exact) mass is 338 g/mol. The van der Waals surface area contributed by atoms with Crippen LogP contribution in [-0.2, 0) is 13.1 Å². The summed E-state index contributed by atoms with van der Waals surface area (Å²) in [5.41, 5.74) is 4.12. The molecule has 1 N–H and O–H groups in total. The second-order valence-corrected chi connectivity index (χ2v) is 5.78. The molecule has 1 heterocycles. The zero-order chi connectivity index (χ0) is 17.6. The van der Waals surface area contributed by atoms with E-state index in [0.717, 1.165) is 33.9 Å². The lowest BCUT2D eigenvalue weighted by Gasteiger charge is -2.08. The van der Waals surface area contributed by atoms with Gasteiger partial charge in [-0.15, -0.1) is 0 Å². The minimum Gasteiger partial charge on any atom is -0.497 e. The van der Waals surface area contributed by atoms with Gasteiger partial charge in [-0.2, -0.15) is 0 Å². The first-order valence-corrected chi connectivity index (χ1v) is 8.12. The Morgan fingerprint density at radius 1 is 1.00 bits per heavy atom. The van der Waals surface area contributed by atoms with Gasteiger partial charge in [0.2, 0.25) is 5.89 Å². The van der Waals surface area contributed by atoms with Gasteiger partial charge in [-0.1, -0.05) is 18.2 Å². The normalized spacial score (nSPS) is 10.7. The molecule has 0 spiro atoms. The molecule has 0 bridgehead atoms. The molecule has 3 rings (SSSR count). The van der Waals surface area contributed by atoms with Crippen LogP contribution < -0.4 is 14.8 Å². The van der Waals surface area contributed by atoms with Gasteiger partial charge in [-0.25, -0.2) is 4.98 Å². The molecule has 2 aromatic carbocycles. The van der Waals surface area contributed by atoms with E-state index < -0.39 is 0 Å². The minimum absolute atomic E-state index is 0.620. The van der Waals surface area contributed by atoms with Crippen molar-refractivity contribution in [3.05, 3.63) is 65.5 Å². The summed E-state index contributed by atoms with van der Waals surface area (Å²) in [6.07, 6.45) is 1.70. The lowest BCUT2D eigenvalue weighted by atomic mass is 10.1. The molecule has 3 aromatic rings. The molecule has 0 saturated heterocycles. The number of hydrogen-bond acceptors (Lipinski definition) is 5. The molecule has 0 aliphatic rings. The van der Waals surface area contributed by atoms with Gasteiger partial charge in [0.25, 0.3) is 0 Å². The second kappa shape index (κ2) is 7.85. The Bertz CT molecular complexity index is 820. The smallest absolute Gasteiger partial charge is 0.226 e. The van der Waals surface area contributed by atoms with Gasteiger partial charge in [0.15, 0.2) is 0 Å². The third kappa shape index (κ3) is 4.19. The van der Waals surface area contributed by atoms with E-state index in [9.17, 15) is 0 Å². The van der Waals surface area contributed by atoms with Crippen molar-refractivity contribution >= 4 is 0 Å². The zero-order valence-corrected chi connectivity index (χ0v) is 14.7. The fourth-order valence-electron chi connectivity index (χ4n) is 2.63. The van der Waals surface area contributed by atoms with E-state index >= 15 is 0 Å². The Balaban J connectivity index is 1.63. The molecule has 130 valence electrons. The molecular formula is C20H22N2O3. The second-order valence-electron chi connectivity index (χ2n) is 5.78. The van der Waals surface area contributed by atoms with Crippen LogP contribution in [0.25, 0.3) is 11.5 Å². The SMILES string of the molecule is COc1cc(CNCc2coc(-c3ccccc3C)n2)cc(OC)c1. The van der Waals surface area contributed by atoms with Gasteiger partial charge < -0.3 is 19.2 Å². The summed E-state index contributed by atoms with van der Waals surface area (Å²) in [6.45, 7) is 3.35. The van der Waals surface area contributed by atoms with Crippen LogP contribution in [0.3, 0.4) is 0 Å². The number of nitrogens with zero attached hydrogens (tertiary/aromatic N) is 1. The van der Waals surface area contributed by atoms with Crippen molar-refractivity contribution in [1.82, 2.24) is 10.3 Å². The molecule has 0 aliphatic heterocycles. The van der Waals surface area contributed by atoms with Crippen molar-refractivity contribution < 1.29 is 13.9 Å². The summed E-state index contributed by atoms with van der Waals surface area (Å²) in [5.74, 6) is 2.21. The fraction of sp³-hybridized carbons (Fsp3) is 0.250. The molecule has 0 amide bonds. The molecule has 0 saturated carbocycles. The largest absolute Gasteiger partial charge is 0.497 e. The highest BCUT2D eigenvalue weighted by atomic mass is 16.5. The quantitative estimate of drug-likeness (QED) is 0.707. The topological polar surface area (TPSA) is 56.5 Å². The summed E-state index contributed by atoms with van der Waals surface area (Å²) < 4.78 is 16.2. The number of hydrogen-bond donors (Lipinski definition) is 1. The van der Waals surface area contributed by atoms with Gasteiger partial charge in [0, 0.05) is 24.7 Å². The molecule has 0 aliphatic carbocycles. The Morgan fingerprint density at radius 2 is 1.72 bits per heavy atom. The number of aryl methyl sites for hydroxylation is 1. The number of benzene rings is 2. The molecule has 1 aromatic heterocycles. The molecule has 0 radical (unpaired) electrons. The van der Waals surface area contributed by atoms with Gasteiger partial charge in [-0.05, 0) is 36.2 Å². The zero-order valence-electron chi connectivity index (χ0n) is 14.7. The highest BCUT2D eigenvalue weighted by Gasteiger charge is 2.09. The molecule has 5 nitrogen and oxygen atoms in total. The summed E-state index contributed by atoms with van der Waals surface area (Å²) in [5, 5.41) is 3.37. The fourth-order valence-corrected chi connectivity index (χ4v) is 2.63. The Morgan fingerprint density at radius 3 is 2.40 bits per heavy atom. The van der Waals surface area contributed by atoms with Crippen molar-refractivity contribution in [1.29, 1.82) is 0 Å². The minimum atomic E-state index is 0.620. The van der Waals surface area contributed by atoms with E-state index in [1.165, 1.54) is 0 Å². The predicted octanol–water partition coefficient (Wildman–Crippen LogP) is 3.96. The Labute approximate surface area is 147 Å². The molecule has 0 atom stereocenters. The van der Waals surface area contributed by atoms with E-state index in [-0.39, 0.29) is 0 Å². The van der Waals surface area contributed by atoms with E-state index in [4.69, 9.17) is 13.9 Å². The van der Waals surface area contributed by atoms with Crippen LogP contribution in [0.4, 0.5) is 0 Å². The van der Waals surface area contributed by atoms with Crippen LogP contribution in [0.15, 0.2) is 53.1 Å². The van der Waals surface area contributed by atoms with Crippen LogP contribution in [0.2, 0.25) is 0 Å². The third-order valence-electron chi connectivity index (χ3n) is 3.97. The Kier molecular flexibility index (Phi) is 5.36. The maximum absolute atomic E-state index is 5.62.